The topological polar surface area (TPSA) is 98.7 Å². The van der Waals surface area contributed by atoms with Crippen molar-refractivity contribution < 1.29 is 19.8 Å². The van der Waals surface area contributed by atoms with Gasteiger partial charge in [-0.05, 0) is 25.5 Å². The Morgan fingerprint density at radius 1 is 1.44 bits per heavy atom. The molecule has 1 rings (SSSR count). The molecule has 104 valence electrons. The van der Waals surface area contributed by atoms with E-state index >= 15 is 0 Å². The molecule has 1 saturated heterocycles. The lowest BCUT2D eigenvalue weighted by Gasteiger charge is -2.22. The van der Waals surface area contributed by atoms with E-state index in [1.165, 1.54) is 19.8 Å². The number of hydrogen-bond donors (Lipinski definition) is 4. The molecule has 6 nitrogen and oxygen atoms in total. The maximum atomic E-state index is 11.5. The number of rotatable bonds is 5. The SMILES string of the molecule is CC(O)C(NC(=O)NCC1CCCCS1)C(=O)O. The minimum Gasteiger partial charge on any atom is -0.480 e. The van der Waals surface area contributed by atoms with E-state index in [1.807, 2.05) is 11.8 Å². The van der Waals surface area contributed by atoms with E-state index in [-0.39, 0.29) is 0 Å². The van der Waals surface area contributed by atoms with E-state index in [0.29, 0.717) is 11.8 Å². The molecule has 0 aromatic rings. The molecule has 0 spiro atoms. The molecular formula is C11H20N2O4S. The number of aliphatic hydroxyl groups is 1. The van der Waals surface area contributed by atoms with Crippen LogP contribution in [0, 0.1) is 0 Å². The van der Waals surface area contributed by atoms with Crippen LogP contribution >= 0.6 is 11.8 Å². The van der Waals surface area contributed by atoms with Crippen molar-refractivity contribution in [2.75, 3.05) is 12.3 Å². The summed E-state index contributed by atoms with van der Waals surface area (Å²) >= 11 is 1.83. The number of nitrogens with one attached hydrogen (secondary N) is 2. The largest absolute Gasteiger partial charge is 0.480 e. The summed E-state index contributed by atoms with van der Waals surface area (Å²) < 4.78 is 0. The van der Waals surface area contributed by atoms with Crippen molar-refractivity contribution >= 4 is 23.8 Å². The molecule has 0 aromatic carbocycles. The molecule has 0 radical (unpaired) electrons. The quantitative estimate of drug-likeness (QED) is 0.583. The minimum absolute atomic E-state index is 0.402. The molecule has 0 bridgehead atoms. The van der Waals surface area contributed by atoms with Crippen molar-refractivity contribution in [2.24, 2.45) is 0 Å². The number of carbonyl (C=O) groups excluding carboxylic acids is 1. The zero-order valence-corrected chi connectivity index (χ0v) is 11.2. The first-order valence-electron chi connectivity index (χ1n) is 6.07. The molecule has 7 heteroatoms. The highest BCUT2D eigenvalue weighted by Gasteiger charge is 2.25. The lowest BCUT2D eigenvalue weighted by molar-refractivity contribution is -0.141. The van der Waals surface area contributed by atoms with Gasteiger partial charge < -0.3 is 20.8 Å². The van der Waals surface area contributed by atoms with E-state index in [4.69, 9.17) is 5.11 Å². The average molecular weight is 276 g/mol. The first kappa shape index (κ1) is 15.1. The minimum atomic E-state index is -1.27. The highest BCUT2D eigenvalue weighted by atomic mass is 32.2. The van der Waals surface area contributed by atoms with Crippen LogP contribution in [0.5, 0.6) is 0 Å². The molecule has 0 aromatic heterocycles. The van der Waals surface area contributed by atoms with Crippen molar-refractivity contribution in [1.29, 1.82) is 0 Å². The Hall–Kier alpha value is -0.950. The summed E-state index contributed by atoms with van der Waals surface area (Å²) in [5.74, 6) is -0.133. The molecule has 3 unspecified atom stereocenters. The maximum absolute atomic E-state index is 11.5. The maximum Gasteiger partial charge on any atom is 0.328 e. The lowest BCUT2D eigenvalue weighted by Crippen LogP contribution is -2.52. The molecular weight excluding hydrogens is 256 g/mol. The average Bonchev–Trinajstić information content (AvgIpc) is 2.34. The number of hydrogen-bond acceptors (Lipinski definition) is 4. The normalized spacial score (nSPS) is 22.9. The van der Waals surface area contributed by atoms with Crippen LogP contribution in [0.2, 0.25) is 0 Å². The van der Waals surface area contributed by atoms with Gasteiger partial charge in [0.25, 0.3) is 0 Å². The third-order valence-electron chi connectivity index (χ3n) is 2.80. The summed E-state index contributed by atoms with van der Waals surface area (Å²) in [5.41, 5.74) is 0. The summed E-state index contributed by atoms with van der Waals surface area (Å²) in [5, 5.41) is 23.3. The fraction of sp³-hybridized carbons (Fsp3) is 0.818. The Labute approximate surface area is 111 Å². The van der Waals surface area contributed by atoms with Crippen molar-refractivity contribution in [1.82, 2.24) is 10.6 Å². The van der Waals surface area contributed by atoms with Crippen LogP contribution in [0.4, 0.5) is 4.79 Å². The molecule has 0 saturated carbocycles. The second-order valence-electron chi connectivity index (χ2n) is 4.40. The zero-order chi connectivity index (χ0) is 13.5. The van der Waals surface area contributed by atoms with Gasteiger partial charge in [0.1, 0.15) is 0 Å². The summed E-state index contributed by atoms with van der Waals surface area (Å²) in [6.45, 7) is 1.86. The van der Waals surface area contributed by atoms with Crippen LogP contribution in [0.1, 0.15) is 26.2 Å². The molecule has 1 heterocycles. The van der Waals surface area contributed by atoms with Crippen LogP contribution in [-0.4, -0.2) is 51.9 Å². The highest BCUT2D eigenvalue weighted by molar-refractivity contribution is 7.99. The first-order chi connectivity index (χ1) is 8.50. The molecule has 1 aliphatic heterocycles. The first-order valence-corrected chi connectivity index (χ1v) is 7.12. The number of aliphatic hydroxyl groups excluding tert-OH is 1. The number of thioether (sulfide) groups is 1. The van der Waals surface area contributed by atoms with Crippen LogP contribution in [0.15, 0.2) is 0 Å². The summed E-state index contributed by atoms with van der Waals surface area (Å²) in [6, 6.07) is -1.82. The molecule has 0 aliphatic carbocycles. The number of amides is 2. The molecule has 3 atom stereocenters. The predicted octanol–water partition coefficient (Wildman–Crippen LogP) is 0.405. The van der Waals surface area contributed by atoms with E-state index in [2.05, 4.69) is 10.6 Å². The molecule has 4 N–H and O–H groups in total. The van der Waals surface area contributed by atoms with Gasteiger partial charge in [0.15, 0.2) is 6.04 Å². The van der Waals surface area contributed by atoms with Crippen LogP contribution in [0.25, 0.3) is 0 Å². The fourth-order valence-electron chi connectivity index (χ4n) is 1.76. The summed E-state index contributed by atoms with van der Waals surface area (Å²) in [4.78, 5) is 22.3. The van der Waals surface area contributed by atoms with Gasteiger partial charge in [-0.25, -0.2) is 9.59 Å². The highest BCUT2D eigenvalue weighted by Crippen LogP contribution is 2.24. The predicted molar refractivity (Wildman–Crippen MR) is 69.7 cm³/mol. The van der Waals surface area contributed by atoms with Crippen molar-refractivity contribution in [3.05, 3.63) is 0 Å². The number of aliphatic carboxylic acids is 1. The van der Waals surface area contributed by atoms with Gasteiger partial charge in [0.2, 0.25) is 0 Å². The van der Waals surface area contributed by atoms with E-state index < -0.39 is 24.1 Å². The molecule has 2 amide bonds. The number of carboxylic acid groups (broad SMARTS) is 1. The zero-order valence-electron chi connectivity index (χ0n) is 10.4. The van der Waals surface area contributed by atoms with Crippen LogP contribution in [-0.2, 0) is 4.79 Å². The van der Waals surface area contributed by atoms with Gasteiger partial charge in [-0.1, -0.05) is 6.42 Å². The van der Waals surface area contributed by atoms with Gasteiger partial charge in [-0.15, -0.1) is 0 Å². The Kier molecular flexibility index (Phi) is 6.28. The van der Waals surface area contributed by atoms with Gasteiger partial charge in [0, 0.05) is 11.8 Å². The van der Waals surface area contributed by atoms with Crippen LogP contribution < -0.4 is 10.6 Å². The van der Waals surface area contributed by atoms with E-state index in [9.17, 15) is 14.7 Å². The monoisotopic (exact) mass is 276 g/mol. The second-order valence-corrected chi connectivity index (χ2v) is 5.81. The standard InChI is InChI=1S/C11H20N2O4S/c1-7(14)9(10(15)16)13-11(17)12-6-8-4-2-3-5-18-8/h7-9,14H,2-6H2,1H3,(H,15,16)(H2,12,13,17). The van der Waals surface area contributed by atoms with Gasteiger partial charge in [-0.3, -0.25) is 0 Å². The third kappa shape index (κ3) is 5.14. The number of urea groups is 1. The smallest absolute Gasteiger partial charge is 0.328 e. The Bertz CT molecular complexity index is 293. The van der Waals surface area contributed by atoms with Crippen molar-refractivity contribution in [3.8, 4) is 0 Å². The summed E-state index contributed by atoms with van der Waals surface area (Å²) in [7, 11) is 0. The molecule has 18 heavy (non-hydrogen) atoms. The van der Waals surface area contributed by atoms with Gasteiger partial charge in [-0.2, -0.15) is 11.8 Å². The number of carboxylic acids is 1. The Morgan fingerprint density at radius 3 is 2.67 bits per heavy atom. The van der Waals surface area contributed by atoms with Crippen molar-refractivity contribution in [2.45, 2.75) is 43.6 Å². The molecule has 1 fully saturated rings. The fourth-order valence-corrected chi connectivity index (χ4v) is 2.99. The van der Waals surface area contributed by atoms with Crippen molar-refractivity contribution in [3.63, 3.8) is 0 Å². The third-order valence-corrected chi connectivity index (χ3v) is 4.20. The van der Waals surface area contributed by atoms with Crippen LogP contribution in [0.3, 0.4) is 0 Å². The second kappa shape index (κ2) is 7.48. The Balaban J connectivity index is 2.29. The van der Waals surface area contributed by atoms with E-state index in [0.717, 1.165) is 12.2 Å². The summed E-state index contributed by atoms with van der Waals surface area (Å²) in [6.07, 6.45) is 2.34. The number of carbonyl (C=O) groups is 2. The van der Waals surface area contributed by atoms with Gasteiger partial charge >= 0.3 is 12.0 Å². The van der Waals surface area contributed by atoms with E-state index in [1.54, 1.807) is 0 Å². The molecule has 1 aliphatic rings. The van der Waals surface area contributed by atoms with Gasteiger partial charge in [0.05, 0.1) is 6.10 Å². The Morgan fingerprint density at radius 2 is 2.17 bits per heavy atom. The lowest BCUT2D eigenvalue weighted by atomic mass is 10.2.